The number of nitrogens with two attached hydrogens (primary N) is 1. The lowest BCUT2D eigenvalue weighted by atomic mass is 10.1. The fraction of sp³-hybridized carbons (Fsp3) is 0.556. The van der Waals surface area contributed by atoms with Crippen molar-refractivity contribution in [2.75, 3.05) is 0 Å². The maximum absolute atomic E-state index is 5.61. The molecule has 0 aromatic carbocycles. The van der Waals surface area contributed by atoms with Crippen LogP contribution < -0.4 is 5.73 Å². The SMILES string of the molecule is CC.CC1=C(N)CCC=C1. The summed E-state index contributed by atoms with van der Waals surface area (Å²) < 4.78 is 0. The summed E-state index contributed by atoms with van der Waals surface area (Å²) in [5.74, 6) is 0. The number of rotatable bonds is 0. The molecule has 0 saturated carbocycles. The highest BCUT2D eigenvalue weighted by molar-refractivity contribution is 5.25. The molecule has 0 aromatic heterocycles. The standard InChI is InChI=1S/C7H11N.C2H6/c1-6-4-2-3-5-7(6)8;1-2/h2,4H,3,5,8H2,1H3;1-2H3. The zero-order valence-electron chi connectivity index (χ0n) is 7.15. The van der Waals surface area contributed by atoms with Gasteiger partial charge in [-0.05, 0) is 25.3 Å². The molecule has 0 saturated heterocycles. The summed E-state index contributed by atoms with van der Waals surface area (Å²) in [5, 5.41) is 0. The normalized spacial score (nSPS) is 16.3. The molecule has 0 atom stereocenters. The van der Waals surface area contributed by atoms with Crippen LogP contribution in [0.25, 0.3) is 0 Å². The van der Waals surface area contributed by atoms with Crippen LogP contribution in [0.15, 0.2) is 23.4 Å². The Hall–Kier alpha value is -0.720. The van der Waals surface area contributed by atoms with Crippen molar-refractivity contribution in [1.29, 1.82) is 0 Å². The van der Waals surface area contributed by atoms with Crippen LogP contribution >= 0.6 is 0 Å². The topological polar surface area (TPSA) is 26.0 Å². The lowest BCUT2D eigenvalue weighted by molar-refractivity contribution is 0.922. The van der Waals surface area contributed by atoms with Crippen LogP contribution in [0.1, 0.15) is 33.6 Å². The molecule has 1 nitrogen and oxygen atoms in total. The van der Waals surface area contributed by atoms with Crippen molar-refractivity contribution in [3.05, 3.63) is 23.4 Å². The lowest BCUT2D eigenvalue weighted by Crippen LogP contribution is -2.01. The zero-order chi connectivity index (χ0) is 7.98. The maximum Gasteiger partial charge on any atom is 0.0113 e. The molecule has 0 heterocycles. The summed E-state index contributed by atoms with van der Waals surface area (Å²) in [6, 6.07) is 0. The van der Waals surface area contributed by atoms with Gasteiger partial charge in [0.15, 0.2) is 0 Å². The third-order valence-corrected chi connectivity index (χ3v) is 1.45. The molecule has 0 unspecified atom stereocenters. The molecule has 2 N–H and O–H groups in total. The summed E-state index contributed by atoms with van der Waals surface area (Å²) in [4.78, 5) is 0. The van der Waals surface area contributed by atoms with Crippen molar-refractivity contribution in [3.8, 4) is 0 Å². The van der Waals surface area contributed by atoms with Crippen molar-refractivity contribution in [2.24, 2.45) is 5.73 Å². The van der Waals surface area contributed by atoms with Gasteiger partial charge in [-0.1, -0.05) is 26.0 Å². The van der Waals surface area contributed by atoms with Crippen molar-refractivity contribution in [2.45, 2.75) is 33.6 Å². The first-order valence-corrected chi connectivity index (χ1v) is 3.92. The molecule has 0 bridgehead atoms. The first kappa shape index (κ1) is 9.28. The minimum absolute atomic E-state index is 1.04. The van der Waals surface area contributed by atoms with Crippen LogP contribution in [-0.2, 0) is 0 Å². The molecule has 0 aliphatic heterocycles. The van der Waals surface area contributed by atoms with Gasteiger partial charge in [0.05, 0.1) is 0 Å². The molecule has 0 aromatic rings. The van der Waals surface area contributed by atoms with E-state index in [2.05, 4.69) is 12.2 Å². The fourth-order valence-electron chi connectivity index (χ4n) is 0.803. The molecule has 0 amide bonds. The van der Waals surface area contributed by atoms with E-state index in [0.29, 0.717) is 0 Å². The Morgan fingerprint density at radius 3 is 2.30 bits per heavy atom. The van der Waals surface area contributed by atoms with Gasteiger partial charge < -0.3 is 5.73 Å². The van der Waals surface area contributed by atoms with E-state index < -0.39 is 0 Å². The zero-order valence-corrected chi connectivity index (χ0v) is 7.15. The Bertz CT molecular complexity index is 143. The average molecular weight is 139 g/mol. The van der Waals surface area contributed by atoms with Crippen molar-refractivity contribution in [3.63, 3.8) is 0 Å². The molecule has 58 valence electrons. The van der Waals surface area contributed by atoms with Gasteiger partial charge in [-0.2, -0.15) is 0 Å². The van der Waals surface area contributed by atoms with Gasteiger partial charge in [-0.3, -0.25) is 0 Å². The Balaban J connectivity index is 0.000000371. The minimum Gasteiger partial charge on any atom is -0.402 e. The van der Waals surface area contributed by atoms with Crippen molar-refractivity contribution >= 4 is 0 Å². The first-order valence-electron chi connectivity index (χ1n) is 3.92. The third-order valence-electron chi connectivity index (χ3n) is 1.45. The van der Waals surface area contributed by atoms with Gasteiger partial charge in [0.25, 0.3) is 0 Å². The lowest BCUT2D eigenvalue weighted by Gasteiger charge is -2.06. The predicted octanol–water partition coefficient (Wildman–Crippen LogP) is 2.60. The largest absolute Gasteiger partial charge is 0.402 e. The molecular weight excluding hydrogens is 122 g/mol. The Labute approximate surface area is 63.6 Å². The average Bonchev–Trinajstić information content (AvgIpc) is 2.00. The third kappa shape index (κ3) is 2.72. The first-order chi connectivity index (χ1) is 4.80. The van der Waals surface area contributed by atoms with Gasteiger partial charge in [0.1, 0.15) is 0 Å². The fourth-order valence-corrected chi connectivity index (χ4v) is 0.803. The molecule has 1 aliphatic rings. The number of hydrogen-bond acceptors (Lipinski definition) is 1. The highest BCUT2D eigenvalue weighted by atomic mass is 14.6. The summed E-state index contributed by atoms with van der Waals surface area (Å²) >= 11 is 0. The highest BCUT2D eigenvalue weighted by Crippen LogP contribution is 2.12. The maximum atomic E-state index is 5.61. The highest BCUT2D eigenvalue weighted by Gasteiger charge is 1.97. The molecule has 0 spiro atoms. The van der Waals surface area contributed by atoms with Crippen LogP contribution in [0.2, 0.25) is 0 Å². The molecular formula is C9H17N. The minimum atomic E-state index is 1.04. The second kappa shape index (κ2) is 5.10. The molecule has 10 heavy (non-hydrogen) atoms. The van der Waals surface area contributed by atoms with Crippen molar-refractivity contribution in [1.82, 2.24) is 0 Å². The van der Waals surface area contributed by atoms with Crippen LogP contribution in [-0.4, -0.2) is 0 Å². The monoisotopic (exact) mass is 139 g/mol. The molecule has 1 rings (SSSR count). The van der Waals surface area contributed by atoms with Gasteiger partial charge in [-0.25, -0.2) is 0 Å². The van der Waals surface area contributed by atoms with Gasteiger partial charge in [-0.15, -0.1) is 0 Å². The second-order valence-corrected chi connectivity index (χ2v) is 2.15. The van der Waals surface area contributed by atoms with E-state index in [9.17, 15) is 0 Å². The van der Waals surface area contributed by atoms with E-state index in [0.717, 1.165) is 18.5 Å². The van der Waals surface area contributed by atoms with Gasteiger partial charge >= 0.3 is 0 Å². The van der Waals surface area contributed by atoms with E-state index in [1.54, 1.807) is 0 Å². The van der Waals surface area contributed by atoms with E-state index in [4.69, 9.17) is 5.73 Å². The van der Waals surface area contributed by atoms with E-state index in [1.165, 1.54) is 5.57 Å². The Morgan fingerprint density at radius 1 is 1.40 bits per heavy atom. The quantitative estimate of drug-likeness (QED) is 0.548. The van der Waals surface area contributed by atoms with Crippen LogP contribution in [0.5, 0.6) is 0 Å². The van der Waals surface area contributed by atoms with E-state index in [-0.39, 0.29) is 0 Å². The Morgan fingerprint density at radius 2 is 2.00 bits per heavy atom. The van der Waals surface area contributed by atoms with Crippen molar-refractivity contribution < 1.29 is 0 Å². The van der Waals surface area contributed by atoms with E-state index in [1.807, 2.05) is 20.8 Å². The van der Waals surface area contributed by atoms with E-state index >= 15 is 0 Å². The Kier molecular flexibility index (Phi) is 4.73. The number of allylic oxidation sites excluding steroid dienone is 4. The van der Waals surface area contributed by atoms with Crippen LogP contribution in [0, 0.1) is 0 Å². The van der Waals surface area contributed by atoms with Crippen LogP contribution in [0.4, 0.5) is 0 Å². The summed E-state index contributed by atoms with van der Waals surface area (Å²) in [5.41, 5.74) is 7.89. The van der Waals surface area contributed by atoms with Gasteiger partial charge in [0.2, 0.25) is 0 Å². The smallest absolute Gasteiger partial charge is 0.0113 e. The summed E-state index contributed by atoms with van der Waals surface area (Å²) in [6.07, 6.45) is 6.40. The predicted molar refractivity (Wildman–Crippen MR) is 46.6 cm³/mol. The molecule has 0 radical (unpaired) electrons. The summed E-state index contributed by atoms with van der Waals surface area (Å²) in [6.45, 7) is 6.05. The number of hydrogen-bond donors (Lipinski definition) is 1. The molecule has 1 heteroatoms. The summed E-state index contributed by atoms with van der Waals surface area (Å²) in [7, 11) is 0. The molecule has 1 aliphatic carbocycles. The van der Waals surface area contributed by atoms with Crippen LogP contribution in [0.3, 0.4) is 0 Å². The molecule has 0 fully saturated rings. The second-order valence-electron chi connectivity index (χ2n) is 2.15. The van der Waals surface area contributed by atoms with Gasteiger partial charge in [0, 0.05) is 5.70 Å².